The van der Waals surface area contributed by atoms with Gasteiger partial charge in [-0.2, -0.15) is 0 Å². The van der Waals surface area contributed by atoms with Crippen molar-refractivity contribution in [3.8, 4) is 0 Å². The molecule has 0 atom stereocenters. The molecule has 1 aromatic heterocycles. The van der Waals surface area contributed by atoms with Crippen LogP contribution in [0.15, 0.2) is 36.7 Å². The minimum Gasteiger partial charge on any atom is -0.347 e. The maximum absolute atomic E-state index is 11.8. The summed E-state index contributed by atoms with van der Waals surface area (Å²) >= 11 is 0. The molecule has 3 N–H and O–H groups in total. The van der Waals surface area contributed by atoms with Crippen LogP contribution in [0.5, 0.6) is 0 Å². The summed E-state index contributed by atoms with van der Waals surface area (Å²) in [7, 11) is 0. The molecule has 6 nitrogen and oxygen atoms in total. The maximum atomic E-state index is 11.8. The van der Waals surface area contributed by atoms with E-state index in [2.05, 4.69) is 20.6 Å². The minimum absolute atomic E-state index is 0.0621. The predicted octanol–water partition coefficient (Wildman–Crippen LogP) is 0.764. The van der Waals surface area contributed by atoms with E-state index in [4.69, 9.17) is 0 Å². The van der Waals surface area contributed by atoms with Crippen LogP contribution in [0.25, 0.3) is 0 Å². The second-order valence-corrected chi connectivity index (χ2v) is 4.36. The standard InChI is InChI=1S/C14H16N4O2/c1-10-2-4-11(5-3-10)14(20)18-9-13(19)17-8-12-15-6-7-16-12/h2-7H,8-9H2,1H3,(H,15,16)(H,17,19)(H,18,20). The molecule has 0 aliphatic rings. The molecular formula is C14H16N4O2. The van der Waals surface area contributed by atoms with Crippen molar-refractivity contribution >= 4 is 11.8 Å². The van der Waals surface area contributed by atoms with Gasteiger partial charge in [0, 0.05) is 18.0 Å². The van der Waals surface area contributed by atoms with Gasteiger partial charge in [0.15, 0.2) is 0 Å². The molecule has 0 bridgehead atoms. The zero-order chi connectivity index (χ0) is 14.4. The molecule has 0 unspecified atom stereocenters. The molecular weight excluding hydrogens is 256 g/mol. The lowest BCUT2D eigenvalue weighted by atomic mass is 10.1. The number of nitrogens with zero attached hydrogens (tertiary/aromatic N) is 1. The van der Waals surface area contributed by atoms with E-state index in [0.717, 1.165) is 5.56 Å². The highest BCUT2D eigenvalue weighted by molar-refractivity contribution is 5.96. The van der Waals surface area contributed by atoms with Gasteiger partial charge in [-0.1, -0.05) is 17.7 Å². The van der Waals surface area contributed by atoms with Crippen LogP contribution in [0.3, 0.4) is 0 Å². The lowest BCUT2D eigenvalue weighted by molar-refractivity contribution is -0.120. The van der Waals surface area contributed by atoms with E-state index >= 15 is 0 Å². The minimum atomic E-state index is -0.266. The highest BCUT2D eigenvalue weighted by Crippen LogP contribution is 2.02. The molecule has 0 fully saturated rings. The van der Waals surface area contributed by atoms with Crippen LogP contribution in [-0.4, -0.2) is 28.3 Å². The summed E-state index contributed by atoms with van der Waals surface area (Å²) in [5, 5.41) is 5.22. The van der Waals surface area contributed by atoms with Crippen molar-refractivity contribution in [3.05, 3.63) is 53.6 Å². The van der Waals surface area contributed by atoms with E-state index in [1.165, 1.54) is 0 Å². The molecule has 0 radical (unpaired) electrons. The summed E-state index contributed by atoms with van der Waals surface area (Å²) in [5.41, 5.74) is 1.62. The van der Waals surface area contributed by atoms with Gasteiger partial charge in [0.1, 0.15) is 5.82 Å². The first-order valence-corrected chi connectivity index (χ1v) is 6.25. The van der Waals surface area contributed by atoms with E-state index in [1.807, 2.05) is 19.1 Å². The van der Waals surface area contributed by atoms with Crippen LogP contribution in [0.4, 0.5) is 0 Å². The number of aromatic amines is 1. The molecule has 1 aromatic carbocycles. The van der Waals surface area contributed by atoms with Crippen LogP contribution >= 0.6 is 0 Å². The zero-order valence-electron chi connectivity index (χ0n) is 11.1. The largest absolute Gasteiger partial charge is 0.347 e. The molecule has 0 aliphatic heterocycles. The van der Waals surface area contributed by atoms with Gasteiger partial charge in [0.05, 0.1) is 13.1 Å². The van der Waals surface area contributed by atoms with E-state index in [1.54, 1.807) is 24.5 Å². The Hall–Kier alpha value is -2.63. The first-order valence-electron chi connectivity index (χ1n) is 6.25. The second kappa shape index (κ2) is 6.51. The Kier molecular flexibility index (Phi) is 4.49. The maximum Gasteiger partial charge on any atom is 0.251 e. The number of carbonyl (C=O) groups is 2. The molecule has 0 aliphatic carbocycles. The van der Waals surface area contributed by atoms with Crippen molar-refractivity contribution in [2.24, 2.45) is 0 Å². The Morgan fingerprint density at radius 1 is 1.20 bits per heavy atom. The number of hydrogen-bond acceptors (Lipinski definition) is 3. The van der Waals surface area contributed by atoms with Crippen molar-refractivity contribution in [2.75, 3.05) is 6.54 Å². The van der Waals surface area contributed by atoms with Gasteiger partial charge in [-0.25, -0.2) is 4.98 Å². The van der Waals surface area contributed by atoms with Gasteiger partial charge in [0.25, 0.3) is 5.91 Å². The number of aromatic nitrogens is 2. The smallest absolute Gasteiger partial charge is 0.251 e. The number of H-pyrrole nitrogens is 1. The van der Waals surface area contributed by atoms with Crippen molar-refractivity contribution in [1.29, 1.82) is 0 Å². The summed E-state index contributed by atoms with van der Waals surface area (Å²) in [6.07, 6.45) is 3.29. The number of rotatable bonds is 5. The van der Waals surface area contributed by atoms with E-state index in [9.17, 15) is 9.59 Å². The first-order chi connectivity index (χ1) is 9.65. The van der Waals surface area contributed by atoms with Crippen molar-refractivity contribution in [1.82, 2.24) is 20.6 Å². The Morgan fingerprint density at radius 3 is 2.60 bits per heavy atom. The lowest BCUT2D eigenvalue weighted by Crippen LogP contribution is -2.36. The fourth-order valence-corrected chi connectivity index (χ4v) is 1.61. The summed E-state index contributed by atoms with van der Waals surface area (Å²) in [4.78, 5) is 30.2. The molecule has 0 spiro atoms. The van der Waals surface area contributed by atoms with Crippen LogP contribution < -0.4 is 10.6 Å². The van der Waals surface area contributed by atoms with Crippen molar-refractivity contribution < 1.29 is 9.59 Å². The molecule has 1 heterocycles. The predicted molar refractivity (Wildman–Crippen MR) is 73.9 cm³/mol. The van der Waals surface area contributed by atoms with Gasteiger partial charge < -0.3 is 15.6 Å². The van der Waals surface area contributed by atoms with Crippen molar-refractivity contribution in [2.45, 2.75) is 13.5 Å². The number of benzene rings is 1. The highest BCUT2D eigenvalue weighted by atomic mass is 16.2. The normalized spacial score (nSPS) is 10.1. The third kappa shape index (κ3) is 3.94. The van der Waals surface area contributed by atoms with Gasteiger partial charge in [-0.3, -0.25) is 9.59 Å². The quantitative estimate of drug-likeness (QED) is 0.751. The van der Waals surface area contributed by atoms with Gasteiger partial charge >= 0.3 is 0 Å². The number of hydrogen-bond donors (Lipinski definition) is 3. The van der Waals surface area contributed by atoms with Gasteiger partial charge in [-0.15, -0.1) is 0 Å². The molecule has 104 valence electrons. The average molecular weight is 272 g/mol. The fraction of sp³-hybridized carbons (Fsp3) is 0.214. The summed E-state index contributed by atoms with van der Waals surface area (Å²) < 4.78 is 0. The number of imidazole rings is 1. The lowest BCUT2D eigenvalue weighted by Gasteiger charge is -2.06. The summed E-state index contributed by atoms with van der Waals surface area (Å²) in [6.45, 7) is 2.20. The molecule has 2 rings (SSSR count). The SMILES string of the molecule is Cc1ccc(C(=O)NCC(=O)NCc2ncc[nH]2)cc1. The van der Waals surface area contributed by atoms with E-state index in [0.29, 0.717) is 17.9 Å². The third-order valence-electron chi connectivity index (χ3n) is 2.73. The van der Waals surface area contributed by atoms with E-state index < -0.39 is 0 Å². The Morgan fingerprint density at radius 2 is 1.95 bits per heavy atom. The zero-order valence-corrected chi connectivity index (χ0v) is 11.1. The fourth-order valence-electron chi connectivity index (χ4n) is 1.61. The molecule has 0 saturated carbocycles. The van der Waals surface area contributed by atoms with Crippen LogP contribution in [0.1, 0.15) is 21.7 Å². The Balaban J connectivity index is 1.75. The third-order valence-corrected chi connectivity index (χ3v) is 2.73. The second-order valence-electron chi connectivity index (χ2n) is 4.36. The molecule has 2 amide bonds. The number of carbonyl (C=O) groups excluding carboxylic acids is 2. The topological polar surface area (TPSA) is 86.9 Å². The summed E-state index contributed by atoms with van der Waals surface area (Å²) in [5.74, 6) is 0.142. The monoisotopic (exact) mass is 272 g/mol. The first kappa shape index (κ1) is 13.8. The van der Waals surface area contributed by atoms with E-state index in [-0.39, 0.29) is 18.4 Å². The Labute approximate surface area is 116 Å². The molecule has 6 heteroatoms. The van der Waals surface area contributed by atoms with Crippen LogP contribution in [-0.2, 0) is 11.3 Å². The molecule has 0 saturated heterocycles. The Bertz CT molecular complexity index is 576. The average Bonchev–Trinajstić information content (AvgIpc) is 2.96. The molecule has 2 aromatic rings. The summed E-state index contributed by atoms with van der Waals surface area (Å²) in [6, 6.07) is 7.16. The molecule has 20 heavy (non-hydrogen) atoms. The van der Waals surface area contributed by atoms with Crippen LogP contribution in [0.2, 0.25) is 0 Å². The van der Waals surface area contributed by atoms with Gasteiger partial charge in [0.2, 0.25) is 5.91 Å². The number of amides is 2. The van der Waals surface area contributed by atoms with Crippen molar-refractivity contribution in [3.63, 3.8) is 0 Å². The van der Waals surface area contributed by atoms with Gasteiger partial charge in [-0.05, 0) is 19.1 Å². The number of nitrogens with one attached hydrogen (secondary N) is 3. The number of aryl methyl sites for hydroxylation is 1. The highest BCUT2D eigenvalue weighted by Gasteiger charge is 2.07. The van der Waals surface area contributed by atoms with Crippen LogP contribution in [0, 0.1) is 6.92 Å².